The van der Waals surface area contributed by atoms with E-state index in [1.807, 2.05) is 0 Å². The van der Waals surface area contributed by atoms with Gasteiger partial charge in [-0.2, -0.15) is 0 Å². The van der Waals surface area contributed by atoms with E-state index in [1.165, 1.54) is 6.07 Å². The van der Waals surface area contributed by atoms with E-state index in [9.17, 15) is 17.6 Å². The molecule has 2 saturated heterocycles. The summed E-state index contributed by atoms with van der Waals surface area (Å²) < 4.78 is 36.3. The predicted molar refractivity (Wildman–Crippen MR) is 82.8 cm³/mol. The highest BCUT2D eigenvalue weighted by atomic mass is 32.2. The zero-order valence-corrected chi connectivity index (χ0v) is 13.5. The Morgan fingerprint density at radius 3 is 2.48 bits per heavy atom. The molecule has 0 aromatic heterocycles. The highest BCUT2D eigenvalue weighted by Crippen LogP contribution is 2.37. The molecule has 3 rings (SSSR count). The van der Waals surface area contributed by atoms with Crippen LogP contribution >= 0.6 is 0 Å². The maximum atomic E-state index is 13.9. The van der Waals surface area contributed by atoms with E-state index in [-0.39, 0.29) is 11.5 Å². The van der Waals surface area contributed by atoms with Crippen LogP contribution in [0.5, 0.6) is 0 Å². The summed E-state index contributed by atoms with van der Waals surface area (Å²) in [6, 6.07) is 3.31. The number of nitrogens with zero attached hydrogens (tertiary/aromatic N) is 1. The number of benzene rings is 1. The fraction of sp³-hybridized carbons (Fsp3) is 0.533. The Labute approximate surface area is 134 Å². The number of primary sulfonamides is 1. The van der Waals surface area contributed by atoms with Crippen molar-refractivity contribution in [3.05, 3.63) is 29.6 Å². The molecule has 8 heteroatoms. The zero-order valence-electron chi connectivity index (χ0n) is 12.7. The largest absolute Gasteiger partial charge is 0.339 e. The van der Waals surface area contributed by atoms with E-state index in [0.717, 1.165) is 44.5 Å². The number of nitrogens with one attached hydrogen (secondary N) is 1. The summed E-state index contributed by atoms with van der Waals surface area (Å²) in [6.07, 6.45) is 3.00. The lowest BCUT2D eigenvalue weighted by Crippen LogP contribution is -2.44. The van der Waals surface area contributed by atoms with Crippen LogP contribution in [0.1, 0.15) is 29.6 Å². The second-order valence-electron chi connectivity index (χ2n) is 6.41. The van der Waals surface area contributed by atoms with Gasteiger partial charge in [0.1, 0.15) is 10.7 Å². The average Bonchev–Trinajstić information content (AvgIpc) is 2.94. The van der Waals surface area contributed by atoms with E-state index in [4.69, 9.17) is 5.14 Å². The second kappa shape index (κ2) is 5.85. The number of halogens is 1. The molecule has 23 heavy (non-hydrogen) atoms. The number of carbonyl (C=O) groups excluding carboxylic acids is 1. The van der Waals surface area contributed by atoms with Gasteiger partial charge in [-0.3, -0.25) is 4.79 Å². The number of rotatable bonds is 2. The lowest BCUT2D eigenvalue weighted by molar-refractivity contribution is 0.0607. The normalized spacial score (nSPS) is 20.9. The molecule has 126 valence electrons. The number of sulfonamides is 1. The van der Waals surface area contributed by atoms with Crippen molar-refractivity contribution in [1.82, 2.24) is 10.2 Å². The van der Waals surface area contributed by atoms with Crippen LogP contribution < -0.4 is 10.5 Å². The highest BCUT2D eigenvalue weighted by molar-refractivity contribution is 7.89. The van der Waals surface area contributed by atoms with Crippen molar-refractivity contribution < 1.29 is 17.6 Å². The number of carbonyl (C=O) groups is 1. The lowest BCUT2D eigenvalue weighted by atomic mass is 9.78. The van der Waals surface area contributed by atoms with Crippen molar-refractivity contribution in [2.45, 2.75) is 24.2 Å². The van der Waals surface area contributed by atoms with Gasteiger partial charge in [0.25, 0.3) is 5.91 Å². The first-order valence-electron chi connectivity index (χ1n) is 7.63. The number of piperidine rings is 1. The predicted octanol–water partition coefficient (Wildman–Crippen LogP) is 0.689. The van der Waals surface area contributed by atoms with Crippen molar-refractivity contribution in [3.63, 3.8) is 0 Å². The Hall–Kier alpha value is -1.51. The third-order valence-corrected chi connectivity index (χ3v) is 5.87. The van der Waals surface area contributed by atoms with Crippen LogP contribution in [0.25, 0.3) is 0 Å². The Morgan fingerprint density at radius 1 is 1.26 bits per heavy atom. The van der Waals surface area contributed by atoms with Gasteiger partial charge in [-0.25, -0.2) is 17.9 Å². The Morgan fingerprint density at radius 2 is 1.96 bits per heavy atom. The molecule has 1 amide bonds. The molecule has 2 aliphatic heterocycles. The molecule has 2 heterocycles. The molecule has 1 spiro atoms. The molecule has 3 N–H and O–H groups in total. The van der Waals surface area contributed by atoms with Gasteiger partial charge in [0.05, 0.1) is 0 Å². The number of hydrogen-bond donors (Lipinski definition) is 2. The maximum absolute atomic E-state index is 13.9. The van der Waals surface area contributed by atoms with Crippen molar-refractivity contribution in [2.75, 3.05) is 26.2 Å². The van der Waals surface area contributed by atoms with Crippen molar-refractivity contribution in [1.29, 1.82) is 0 Å². The van der Waals surface area contributed by atoms with E-state index in [2.05, 4.69) is 5.32 Å². The molecule has 0 unspecified atom stereocenters. The van der Waals surface area contributed by atoms with Gasteiger partial charge in [0, 0.05) is 25.2 Å². The first-order valence-corrected chi connectivity index (χ1v) is 9.18. The summed E-state index contributed by atoms with van der Waals surface area (Å²) >= 11 is 0. The SMILES string of the molecule is NS(=O)(=O)c1ccc(C(=O)N2CCC3(CCNC3)CC2)cc1F. The van der Waals surface area contributed by atoms with Crippen LogP contribution in [0, 0.1) is 11.2 Å². The first-order chi connectivity index (χ1) is 10.8. The zero-order chi connectivity index (χ0) is 16.7. The minimum absolute atomic E-state index is 0.149. The van der Waals surface area contributed by atoms with Crippen molar-refractivity contribution >= 4 is 15.9 Å². The van der Waals surface area contributed by atoms with Gasteiger partial charge >= 0.3 is 0 Å². The van der Waals surface area contributed by atoms with Crippen LogP contribution in [0.15, 0.2) is 23.1 Å². The molecular weight excluding hydrogens is 321 g/mol. The van der Waals surface area contributed by atoms with E-state index < -0.39 is 20.7 Å². The number of hydrogen-bond acceptors (Lipinski definition) is 4. The molecule has 1 aromatic rings. The Balaban J connectivity index is 1.73. The molecule has 2 aliphatic rings. The van der Waals surface area contributed by atoms with Crippen LogP contribution in [-0.2, 0) is 10.0 Å². The summed E-state index contributed by atoms with van der Waals surface area (Å²) in [5, 5.41) is 8.29. The van der Waals surface area contributed by atoms with E-state index in [0.29, 0.717) is 18.5 Å². The third kappa shape index (κ3) is 3.24. The molecule has 0 radical (unpaired) electrons. The number of likely N-dealkylation sites (tertiary alicyclic amines) is 1. The molecule has 0 saturated carbocycles. The van der Waals surface area contributed by atoms with Gasteiger partial charge in [-0.05, 0) is 49.4 Å². The molecule has 0 bridgehead atoms. The van der Waals surface area contributed by atoms with E-state index >= 15 is 0 Å². The molecule has 0 aliphatic carbocycles. The lowest BCUT2D eigenvalue weighted by Gasteiger charge is -2.38. The summed E-state index contributed by atoms with van der Waals surface area (Å²) in [5.74, 6) is -1.27. The highest BCUT2D eigenvalue weighted by Gasteiger charge is 2.38. The molecule has 6 nitrogen and oxygen atoms in total. The summed E-state index contributed by atoms with van der Waals surface area (Å²) in [7, 11) is -4.12. The van der Waals surface area contributed by atoms with Gasteiger partial charge in [-0.1, -0.05) is 0 Å². The molecule has 0 atom stereocenters. The molecular formula is C15H20FN3O3S. The third-order valence-electron chi connectivity index (χ3n) is 4.93. The monoisotopic (exact) mass is 341 g/mol. The maximum Gasteiger partial charge on any atom is 0.253 e. The first kappa shape index (κ1) is 16.4. The van der Waals surface area contributed by atoms with Gasteiger partial charge in [0.15, 0.2) is 0 Å². The summed E-state index contributed by atoms with van der Waals surface area (Å²) in [6.45, 7) is 3.29. The van der Waals surface area contributed by atoms with Crippen LogP contribution in [0.2, 0.25) is 0 Å². The van der Waals surface area contributed by atoms with Gasteiger partial charge in [-0.15, -0.1) is 0 Å². The quantitative estimate of drug-likeness (QED) is 0.828. The van der Waals surface area contributed by atoms with Crippen LogP contribution in [-0.4, -0.2) is 45.4 Å². The fourth-order valence-corrected chi connectivity index (χ4v) is 4.04. The number of nitrogens with two attached hydrogens (primary N) is 1. The summed E-state index contributed by atoms with van der Waals surface area (Å²) in [5.41, 5.74) is 0.440. The average molecular weight is 341 g/mol. The Bertz CT molecular complexity index is 719. The molecule has 2 fully saturated rings. The van der Waals surface area contributed by atoms with Crippen LogP contribution in [0.3, 0.4) is 0 Å². The Kier molecular flexibility index (Phi) is 4.16. The topological polar surface area (TPSA) is 92.5 Å². The van der Waals surface area contributed by atoms with Crippen molar-refractivity contribution in [3.8, 4) is 0 Å². The van der Waals surface area contributed by atoms with Gasteiger partial charge < -0.3 is 10.2 Å². The summed E-state index contributed by atoms with van der Waals surface area (Å²) in [4.78, 5) is 13.6. The molecule has 1 aromatic carbocycles. The van der Waals surface area contributed by atoms with Crippen molar-refractivity contribution in [2.24, 2.45) is 10.6 Å². The standard InChI is InChI=1S/C15H20FN3O3S/c16-12-9-11(1-2-13(12)23(17,21)22)14(20)19-7-4-15(5-8-19)3-6-18-10-15/h1-2,9,18H,3-8,10H2,(H2,17,21,22). The second-order valence-corrected chi connectivity index (χ2v) is 7.94. The fourth-order valence-electron chi connectivity index (χ4n) is 3.45. The smallest absolute Gasteiger partial charge is 0.253 e. The number of amides is 1. The minimum Gasteiger partial charge on any atom is -0.339 e. The van der Waals surface area contributed by atoms with E-state index in [1.54, 1.807) is 4.90 Å². The minimum atomic E-state index is -4.12. The van der Waals surface area contributed by atoms with Crippen LogP contribution in [0.4, 0.5) is 4.39 Å². The van der Waals surface area contributed by atoms with Gasteiger partial charge in [0.2, 0.25) is 10.0 Å².